The third kappa shape index (κ3) is 8.41. The Hall–Kier alpha value is -2.67. The molecule has 2 aliphatic heterocycles. The average Bonchev–Trinajstić information content (AvgIpc) is 3.29. The van der Waals surface area contributed by atoms with Gasteiger partial charge in [-0.05, 0) is 65.7 Å². The summed E-state index contributed by atoms with van der Waals surface area (Å²) in [6.07, 6.45) is 8.38. The summed E-state index contributed by atoms with van der Waals surface area (Å²) in [5, 5.41) is 5.49. The zero-order chi connectivity index (χ0) is 28.8. The summed E-state index contributed by atoms with van der Waals surface area (Å²) in [5.41, 5.74) is -2.15. The molecule has 1 saturated heterocycles. The average molecular weight is 570 g/mol. The van der Waals surface area contributed by atoms with Crippen molar-refractivity contribution in [2.75, 3.05) is 13.1 Å². The Morgan fingerprint density at radius 3 is 2.59 bits per heavy atom. The van der Waals surface area contributed by atoms with Crippen LogP contribution >= 0.6 is 0 Å². The second-order valence-electron chi connectivity index (χ2n) is 11.6. The molecule has 0 bridgehead atoms. The van der Waals surface area contributed by atoms with Crippen molar-refractivity contribution in [3.63, 3.8) is 0 Å². The second-order valence-corrected chi connectivity index (χ2v) is 13.1. The maximum absolute atomic E-state index is 13.6. The number of alkyl carbamates (subject to hydrolysis) is 1. The van der Waals surface area contributed by atoms with Gasteiger partial charge in [-0.25, -0.2) is 9.52 Å². The Morgan fingerprint density at radius 2 is 1.90 bits per heavy atom. The standard InChI is InChI=1S/C26H43N5O7S/c1-5-15-27-39(36,37)30-23(34)26-17-18(26)12-9-7-6-8-10-13-19(28-24(35)38-25(2,3)4)22(33)31-16-11-14-20(31)21(32)29-26/h9,12,18-20,27H,5-8,10-11,13-17H2,1-4H3,(H,28,35)(H,29,32)(H,30,34)/t18-,19?,20+,26-/m1/s1. The molecular formula is C26H43N5O7S. The molecule has 1 saturated carbocycles. The van der Waals surface area contributed by atoms with E-state index in [2.05, 4.69) is 20.1 Å². The molecule has 4 atom stereocenters. The zero-order valence-electron chi connectivity index (χ0n) is 23.4. The number of ether oxygens (including phenoxy) is 1. The highest BCUT2D eigenvalue weighted by atomic mass is 32.2. The van der Waals surface area contributed by atoms with Gasteiger partial charge in [-0.3, -0.25) is 14.4 Å². The summed E-state index contributed by atoms with van der Waals surface area (Å²) in [4.78, 5) is 54.3. The number of carbonyl (C=O) groups is 4. The second kappa shape index (κ2) is 12.7. The van der Waals surface area contributed by atoms with Crippen molar-refractivity contribution in [2.24, 2.45) is 5.92 Å². The third-order valence-electron chi connectivity index (χ3n) is 7.09. The molecule has 4 amide bonds. The smallest absolute Gasteiger partial charge is 0.408 e. The van der Waals surface area contributed by atoms with E-state index in [4.69, 9.17) is 4.74 Å². The number of amides is 4. The van der Waals surface area contributed by atoms with Gasteiger partial charge in [-0.1, -0.05) is 31.9 Å². The Balaban J connectivity index is 1.82. The molecule has 0 aromatic rings. The van der Waals surface area contributed by atoms with Crippen LogP contribution in [-0.2, 0) is 29.3 Å². The Labute approximate surface area is 231 Å². The van der Waals surface area contributed by atoms with Crippen LogP contribution in [0.25, 0.3) is 0 Å². The van der Waals surface area contributed by atoms with Gasteiger partial charge in [0.05, 0.1) is 0 Å². The van der Waals surface area contributed by atoms with E-state index in [1.165, 1.54) is 4.90 Å². The highest BCUT2D eigenvalue weighted by Gasteiger charge is 2.61. The van der Waals surface area contributed by atoms with E-state index in [-0.39, 0.29) is 24.8 Å². The number of nitrogens with zero attached hydrogens (tertiary/aromatic N) is 1. The van der Waals surface area contributed by atoms with Crippen molar-refractivity contribution in [3.8, 4) is 0 Å². The van der Waals surface area contributed by atoms with Crippen LogP contribution in [0.5, 0.6) is 0 Å². The van der Waals surface area contributed by atoms with Crippen LogP contribution in [0.1, 0.15) is 85.5 Å². The molecule has 0 radical (unpaired) electrons. The van der Waals surface area contributed by atoms with Gasteiger partial charge < -0.3 is 20.3 Å². The predicted molar refractivity (Wildman–Crippen MR) is 144 cm³/mol. The number of carbonyl (C=O) groups excluding carboxylic acids is 4. The van der Waals surface area contributed by atoms with E-state index in [9.17, 15) is 27.6 Å². The number of hydrogen-bond acceptors (Lipinski definition) is 7. The first-order valence-corrected chi connectivity index (χ1v) is 15.4. The van der Waals surface area contributed by atoms with Crippen LogP contribution in [0, 0.1) is 5.92 Å². The molecule has 0 aromatic heterocycles. The molecule has 13 heteroatoms. The summed E-state index contributed by atoms with van der Waals surface area (Å²) in [6.45, 7) is 7.52. The van der Waals surface area contributed by atoms with Gasteiger partial charge in [-0.2, -0.15) is 13.1 Å². The summed E-state index contributed by atoms with van der Waals surface area (Å²) >= 11 is 0. The molecule has 2 heterocycles. The summed E-state index contributed by atoms with van der Waals surface area (Å²) in [7, 11) is -4.09. The Kier molecular flexibility index (Phi) is 10.0. The molecular weight excluding hydrogens is 526 g/mol. The molecule has 39 heavy (non-hydrogen) atoms. The van der Waals surface area contributed by atoms with E-state index in [0.29, 0.717) is 38.6 Å². The molecule has 0 aromatic carbocycles. The molecule has 1 aliphatic carbocycles. The summed E-state index contributed by atoms with van der Waals surface area (Å²) in [6, 6.07) is -1.69. The lowest BCUT2D eigenvalue weighted by Crippen LogP contribution is -2.59. The van der Waals surface area contributed by atoms with Crippen molar-refractivity contribution in [1.82, 2.24) is 25.0 Å². The maximum atomic E-state index is 13.6. The first-order valence-electron chi connectivity index (χ1n) is 13.9. The van der Waals surface area contributed by atoms with Crippen LogP contribution in [0.15, 0.2) is 12.2 Å². The first-order chi connectivity index (χ1) is 18.3. The first kappa shape index (κ1) is 30.9. The molecule has 0 spiro atoms. The number of rotatable bonds is 6. The lowest BCUT2D eigenvalue weighted by molar-refractivity contribution is -0.141. The van der Waals surface area contributed by atoms with Crippen LogP contribution in [0.2, 0.25) is 0 Å². The number of nitrogens with one attached hydrogen (secondary N) is 4. The van der Waals surface area contributed by atoms with Crippen LogP contribution in [0.4, 0.5) is 4.79 Å². The monoisotopic (exact) mass is 569 g/mol. The van der Waals surface area contributed by atoms with Crippen molar-refractivity contribution < 1.29 is 32.3 Å². The number of allylic oxidation sites excluding steroid dienone is 1. The minimum Gasteiger partial charge on any atom is -0.444 e. The SMILES string of the molecule is CCCNS(=O)(=O)NC(=O)[C@@]12C[C@H]1C=CCCCCCC(NC(=O)OC(C)(C)C)C(=O)N1CCC[C@H]1C(=O)N2. The highest BCUT2D eigenvalue weighted by Crippen LogP contribution is 2.45. The Morgan fingerprint density at radius 1 is 1.15 bits per heavy atom. The highest BCUT2D eigenvalue weighted by molar-refractivity contribution is 7.88. The van der Waals surface area contributed by atoms with Crippen LogP contribution in [0.3, 0.4) is 0 Å². The normalized spacial score (nSPS) is 28.3. The van der Waals surface area contributed by atoms with Crippen molar-refractivity contribution in [1.29, 1.82) is 0 Å². The van der Waals surface area contributed by atoms with Gasteiger partial charge >= 0.3 is 16.3 Å². The fraction of sp³-hybridized carbons (Fsp3) is 0.769. The number of fused-ring (bicyclic) bond motifs is 2. The van der Waals surface area contributed by atoms with E-state index < -0.39 is 51.3 Å². The topological polar surface area (TPSA) is 163 Å². The summed E-state index contributed by atoms with van der Waals surface area (Å²) < 4.78 is 34.4. The van der Waals surface area contributed by atoms with Crippen molar-refractivity contribution in [2.45, 2.75) is 109 Å². The lowest BCUT2D eigenvalue weighted by atomic mass is 10.0. The van der Waals surface area contributed by atoms with Gasteiger partial charge in [0.2, 0.25) is 11.8 Å². The molecule has 2 fully saturated rings. The predicted octanol–water partition coefficient (Wildman–Crippen LogP) is 1.63. The summed E-state index contributed by atoms with van der Waals surface area (Å²) in [5.74, 6) is -2.06. The van der Waals surface area contributed by atoms with Crippen LogP contribution < -0.4 is 20.1 Å². The van der Waals surface area contributed by atoms with Crippen molar-refractivity contribution in [3.05, 3.63) is 12.2 Å². The number of hydrogen-bond donors (Lipinski definition) is 4. The van der Waals surface area contributed by atoms with Gasteiger partial charge in [-0.15, -0.1) is 0 Å². The lowest BCUT2D eigenvalue weighted by Gasteiger charge is -2.30. The van der Waals surface area contributed by atoms with E-state index in [1.54, 1.807) is 27.7 Å². The van der Waals surface area contributed by atoms with Crippen LogP contribution in [-0.4, -0.2) is 73.4 Å². The largest absolute Gasteiger partial charge is 0.444 e. The quantitative estimate of drug-likeness (QED) is 0.353. The van der Waals surface area contributed by atoms with Gasteiger partial charge in [0.25, 0.3) is 5.91 Å². The fourth-order valence-electron chi connectivity index (χ4n) is 5.03. The maximum Gasteiger partial charge on any atom is 0.408 e. The van der Waals surface area contributed by atoms with Gasteiger partial charge in [0.1, 0.15) is 23.2 Å². The third-order valence-corrected chi connectivity index (χ3v) is 8.13. The van der Waals surface area contributed by atoms with Gasteiger partial charge in [0, 0.05) is 19.0 Å². The van der Waals surface area contributed by atoms with Gasteiger partial charge in [0.15, 0.2) is 0 Å². The minimum absolute atomic E-state index is 0.170. The zero-order valence-corrected chi connectivity index (χ0v) is 24.2. The molecule has 12 nitrogen and oxygen atoms in total. The molecule has 3 rings (SSSR count). The molecule has 3 aliphatic rings. The minimum atomic E-state index is -4.09. The van der Waals surface area contributed by atoms with Crippen molar-refractivity contribution >= 4 is 34.0 Å². The Bertz CT molecular complexity index is 1070. The molecule has 1 unspecified atom stereocenters. The van der Waals surface area contributed by atoms with E-state index in [0.717, 1.165) is 19.3 Å². The van der Waals surface area contributed by atoms with E-state index in [1.807, 2.05) is 12.2 Å². The molecule has 4 N–H and O–H groups in total. The molecule has 220 valence electrons. The fourth-order valence-corrected chi connectivity index (χ4v) is 6.00. The van der Waals surface area contributed by atoms with E-state index >= 15 is 0 Å².